The number of hydrogen-bond donors (Lipinski definition) is 1. The van der Waals surface area contributed by atoms with Crippen molar-refractivity contribution in [1.82, 2.24) is 0 Å². The van der Waals surface area contributed by atoms with Crippen LogP contribution in [0.15, 0.2) is 108 Å². The van der Waals surface area contributed by atoms with Gasteiger partial charge in [0.05, 0.1) is 15.9 Å². The largest absolute Gasteiger partial charge is 0.458 e. The number of anilines is 1. The zero-order chi connectivity index (χ0) is 42.9. The lowest BCUT2D eigenvalue weighted by Gasteiger charge is -2.48. The first kappa shape index (κ1) is 45.8. The Morgan fingerprint density at radius 1 is 0.983 bits per heavy atom. The Labute approximate surface area is 345 Å². The molecule has 1 saturated carbocycles. The molecular weight excluding hydrogens is 749 g/mol. The molecule has 0 heterocycles. The highest BCUT2D eigenvalue weighted by Gasteiger charge is 2.53. The van der Waals surface area contributed by atoms with E-state index in [1.807, 2.05) is 57.2 Å². The summed E-state index contributed by atoms with van der Waals surface area (Å²) in [5, 5.41) is 28.5. The molecule has 3 aromatic carbocycles. The van der Waals surface area contributed by atoms with E-state index in [-0.39, 0.29) is 33.7 Å². The third-order valence-corrected chi connectivity index (χ3v) is 16.7. The maximum atomic E-state index is 14.3. The number of carbonyl (C=O) groups excluding carboxylic acids is 1. The number of allylic oxidation sites excluding steroid dienone is 3. The van der Waals surface area contributed by atoms with Crippen LogP contribution in [0.1, 0.15) is 107 Å². The van der Waals surface area contributed by atoms with Crippen LogP contribution in [0.5, 0.6) is 0 Å². The van der Waals surface area contributed by atoms with E-state index in [0.29, 0.717) is 18.8 Å². The Balaban J connectivity index is 1.50. The zero-order valence-electron chi connectivity index (χ0n) is 35.7. The van der Waals surface area contributed by atoms with Crippen LogP contribution in [0.25, 0.3) is 0 Å². The Morgan fingerprint density at radius 3 is 2.12 bits per heavy atom. The van der Waals surface area contributed by atoms with Gasteiger partial charge in [0.15, 0.2) is 0 Å². The third-order valence-electron chi connectivity index (χ3n) is 11.7. The van der Waals surface area contributed by atoms with E-state index in [2.05, 4.69) is 82.4 Å². The van der Waals surface area contributed by atoms with E-state index in [0.717, 1.165) is 48.5 Å². The Bertz CT molecular complexity index is 1930. The second kappa shape index (κ2) is 19.2. The molecule has 11 nitrogen and oxygen atoms in total. The summed E-state index contributed by atoms with van der Waals surface area (Å²) in [6.45, 7) is 23.8. The molecule has 0 aliphatic heterocycles. The fraction of sp³-hybridized carbons (Fsp3) is 0.478. The Kier molecular flexibility index (Phi) is 15.2. The zero-order valence-corrected chi connectivity index (χ0v) is 36.7. The molecule has 1 aliphatic rings. The predicted octanol–water partition coefficient (Wildman–Crippen LogP) is 10.7. The molecule has 1 N–H and O–H groups in total. The monoisotopic (exact) mass is 810 g/mol. The SMILES string of the molecule is C=C1[C@H](C/C=C(\C)CC/C=N\Nc2ccc([N+](=O)[O-])cc2[N+](=O)[O-])CC[C@H](C)[C@@]1(C)CC[C@H](O[Si](c1ccccc1)(c1ccccc1)C(C)(C)C)C(=O)OC(C)(C)C. The lowest BCUT2D eigenvalue weighted by molar-refractivity contribution is -0.393. The molecule has 3 aromatic rings. The number of nitrogens with one attached hydrogen (secondary N) is 1. The summed E-state index contributed by atoms with van der Waals surface area (Å²) in [6.07, 6.45) is 8.65. The molecule has 0 spiro atoms. The number of hydrazone groups is 1. The topological polar surface area (TPSA) is 146 Å². The fourth-order valence-electron chi connectivity index (χ4n) is 8.12. The number of ether oxygens (including phenoxy) is 1. The molecule has 58 heavy (non-hydrogen) atoms. The summed E-state index contributed by atoms with van der Waals surface area (Å²) in [5.74, 6) is 0.313. The Morgan fingerprint density at radius 2 is 1.59 bits per heavy atom. The predicted molar refractivity (Wildman–Crippen MR) is 236 cm³/mol. The highest BCUT2D eigenvalue weighted by Crippen LogP contribution is 2.51. The highest BCUT2D eigenvalue weighted by atomic mass is 28.4. The normalized spacial score (nSPS) is 19.8. The molecule has 12 heteroatoms. The summed E-state index contributed by atoms with van der Waals surface area (Å²) < 4.78 is 13.6. The van der Waals surface area contributed by atoms with Crippen molar-refractivity contribution in [3.63, 3.8) is 0 Å². The molecule has 0 saturated heterocycles. The minimum Gasteiger partial charge on any atom is -0.458 e. The second-order valence-electron chi connectivity index (χ2n) is 17.9. The van der Waals surface area contributed by atoms with Gasteiger partial charge in [0.25, 0.3) is 14.0 Å². The fourth-order valence-corrected chi connectivity index (χ4v) is 12.8. The lowest BCUT2D eigenvalue weighted by atomic mass is 9.59. The quantitative estimate of drug-likeness (QED) is 0.0354. The third kappa shape index (κ3) is 11.2. The molecule has 0 unspecified atom stereocenters. The molecule has 1 aliphatic carbocycles. The van der Waals surface area contributed by atoms with Gasteiger partial charge in [0.2, 0.25) is 0 Å². The first-order chi connectivity index (χ1) is 27.2. The van der Waals surface area contributed by atoms with Crippen molar-refractivity contribution in [2.24, 2.45) is 22.4 Å². The number of nitrogens with zero attached hydrogens (tertiary/aromatic N) is 3. The molecule has 0 radical (unpaired) electrons. The standard InChI is InChI=1S/C46H62N4O7Si/c1-33(18-17-31-47-48-40-28-27-37(49(52)53)32-41(40)50(54)55)23-25-36-26-24-34(2)46(10,35(36)3)30-29-42(43(51)56-44(4,5)6)57-58(45(7,8)9,38-19-13-11-14-20-38)39-21-15-12-16-22-39/h11-16,19-23,27-28,31-32,34,36,42,48H,3,17-18,24-26,29-30H2,1-2,4-10H3/b33-23+,47-31-/t34-,36+,42-,46+/m0/s1. The molecule has 0 aromatic heterocycles. The van der Waals surface area contributed by atoms with Crippen molar-refractivity contribution in [3.8, 4) is 0 Å². The lowest BCUT2D eigenvalue weighted by Crippen LogP contribution is -2.68. The van der Waals surface area contributed by atoms with E-state index < -0.39 is 35.6 Å². The number of nitro groups is 2. The van der Waals surface area contributed by atoms with Crippen LogP contribution in [-0.2, 0) is 14.0 Å². The maximum Gasteiger partial charge on any atom is 0.334 e. The number of rotatable bonds is 17. The van der Waals surface area contributed by atoms with E-state index >= 15 is 0 Å². The van der Waals surface area contributed by atoms with E-state index in [4.69, 9.17) is 15.7 Å². The van der Waals surface area contributed by atoms with Crippen LogP contribution in [0, 0.1) is 37.5 Å². The highest BCUT2D eigenvalue weighted by molar-refractivity contribution is 6.99. The maximum absolute atomic E-state index is 14.3. The van der Waals surface area contributed by atoms with E-state index in [1.54, 1.807) is 6.21 Å². The molecule has 0 bridgehead atoms. The molecular formula is C46H62N4O7Si. The number of nitro benzene ring substituents is 2. The summed E-state index contributed by atoms with van der Waals surface area (Å²) >= 11 is 0. The van der Waals surface area contributed by atoms with Crippen LogP contribution in [-0.4, -0.2) is 42.1 Å². The molecule has 0 amide bonds. The van der Waals surface area contributed by atoms with Crippen molar-refractivity contribution in [3.05, 3.63) is 123 Å². The van der Waals surface area contributed by atoms with Crippen LogP contribution < -0.4 is 15.8 Å². The van der Waals surface area contributed by atoms with Gasteiger partial charge in [0, 0.05) is 12.3 Å². The molecule has 312 valence electrons. The van der Waals surface area contributed by atoms with Gasteiger partial charge in [-0.15, -0.1) is 0 Å². The Hall–Kier alpha value is -4.94. The summed E-state index contributed by atoms with van der Waals surface area (Å²) in [5.41, 5.74) is 3.46. The van der Waals surface area contributed by atoms with Crippen LogP contribution in [0.4, 0.5) is 17.1 Å². The van der Waals surface area contributed by atoms with Crippen LogP contribution >= 0.6 is 0 Å². The number of carbonyl (C=O) groups is 1. The van der Waals surface area contributed by atoms with E-state index in [9.17, 15) is 25.0 Å². The average molecular weight is 811 g/mol. The average Bonchev–Trinajstić information content (AvgIpc) is 3.16. The van der Waals surface area contributed by atoms with Crippen LogP contribution in [0.3, 0.4) is 0 Å². The van der Waals surface area contributed by atoms with Crippen molar-refractivity contribution < 1.29 is 23.8 Å². The van der Waals surface area contributed by atoms with Gasteiger partial charge in [-0.25, -0.2) is 4.79 Å². The minimum absolute atomic E-state index is 0.0826. The molecule has 4 rings (SSSR count). The first-order valence-electron chi connectivity index (χ1n) is 20.3. The van der Waals surface area contributed by atoms with Crippen molar-refractivity contribution in [2.75, 3.05) is 5.43 Å². The summed E-state index contributed by atoms with van der Waals surface area (Å²) in [6, 6.07) is 24.2. The number of esters is 1. The summed E-state index contributed by atoms with van der Waals surface area (Å²) in [7, 11) is -3.07. The minimum atomic E-state index is -3.07. The van der Waals surface area contributed by atoms with E-state index in [1.165, 1.54) is 23.3 Å². The van der Waals surface area contributed by atoms with Gasteiger partial charge in [-0.3, -0.25) is 25.7 Å². The second-order valence-corrected chi connectivity index (χ2v) is 22.2. The van der Waals surface area contributed by atoms with Gasteiger partial charge in [-0.2, -0.15) is 5.10 Å². The number of hydrogen-bond acceptors (Lipinski definition) is 9. The molecule has 4 atom stereocenters. The van der Waals surface area contributed by atoms with Crippen molar-refractivity contribution >= 4 is 47.9 Å². The van der Waals surface area contributed by atoms with Crippen molar-refractivity contribution in [1.29, 1.82) is 0 Å². The number of benzene rings is 3. The van der Waals surface area contributed by atoms with Gasteiger partial charge in [-0.05, 0) is 111 Å². The smallest absolute Gasteiger partial charge is 0.334 e. The van der Waals surface area contributed by atoms with Crippen molar-refractivity contribution in [2.45, 2.75) is 124 Å². The number of non-ortho nitro benzene ring substituents is 1. The summed E-state index contributed by atoms with van der Waals surface area (Å²) in [4.78, 5) is 35.4. The van der Waals surface area contributed by atoms with Gasteiger partial charge >= 0.3 is 11.7 Å². The van der Waals surface area contributed by atoms with Gasteiger partial charge in [-0.1, -0.05) is 119 Å². The first-order valence-corrected chi connectivity index (χ1v) is 22.2. The van der Waals surface area contributed by atoms with Crippen LogP contribution in [0.2, 0.25) is 5.04 Å². The van der Waals surface area contributed by atoms with Gasteiger partial charge < -0.3 is 9.16 Å². The van der Waals surface area contributed by atoms with Gasteiger partial charge in [0.1, 0.15) is 17.4 Å². The molecule has 1 fully saturated rings.